The Balaban J connectivity index is 0.00000312. The number of guanidine groups is 1. The van der Waals surface area contributed by atoms with Crippen LogP contribution in [-0.2, 0) is 17.8 Å². The Morgan fingerprint density at radius 2 is 2.12 bits per heavy atom. The van der Waals surface area contributed by atoms with Gasteiger partial charge in [0.25, 0.3) is 0 Å². The standard InChI is InChI=1S/C16H29N7O.HI/c1-6-18-14(24)16(3,4)10-19-15(17-5)21-12-7-8-13-20-11(2)22-23(13)9-12;/h12H,6-10H2,1-5H3,(H,18,24)(H2,17,19,21);1H. The normalized spacial score (nSPS) is 17.3. The van der Waals surface area contributed by atoms with Crippen molar-refractivity contribution < 1.29 is 4.79 Å². The molecule has 1 aliphatic heterocycles. The quantitative estimate of drug-likeness (QED) is 0.342. The maximum Gasteiger partial charge on any atom is 0.227 e. The number of aromatic nitrogens is 3. The van der Waals surface area contributed by atoms with Gasteiger partial charge in [-0.3, -0.25) is 9.79 Å². The predicted molar refractivity (Wildman–Crippen MR) is 109 cm³/mol. The van der Waals surface area contributed by atoms with Crippen molar-refractivity contribution in [2.45, 2.75) is 53.1 Å². The van der Waals surface area contributed by atoms with Crippen LogP contribution in [0.15, 0.2) is 4.99 Å². The number of halogens is 1. The van der Waals surface area contributed by atoms with Gasteiger partial charge in [0.15, 0.2) is 5.96 Å². The summed E-state index contributed by atoms with van der Waals surface area (Å²) in [5, 5.41) is 14.0. The first kappa shape index (κ1) is 21.7. The van der Waals surface area contributed by atoms with Crippen molar-refractivity contribution in [1.29, 1.82) is 0 Å². The highest BCUT2D eigenvalue weighted by Crippen LogP contribution is 2.14. The average Bonchev–Trinajstić information content (AvgIpc) is 2.90. The second-order valence-electron chi connectivity index (χ2n) is 6.81. The van der Waals surface area contributed by atoms with E-state index in [2.05, 4.69) is 31.0 Å². The molecule has 0 saturated heterocycles. The number of aryl methyl sites for hydroxylation is 2. The summed E-state index contributed by atoms with van der Waals surface area (Å²) in [5.41, 5.74) is -0.504. The highest BCUT2D eigenvalue weighted by atomic mass is 127. The summed E-state index contributed by atoms with van der Waals surface area (Å²) in [6, 6.07) is 0.248. The van der Waals surface area contributed by atoms with E-state index in [4.69, 9.17) is 0 Å². The number of hydrogen-bond donors (Lipinski definition) is 3. The first-order chi connectivity index (χ1) is 11.4. The van der Waals surface area contributed by atoms with E-state index in [0.29, 0.717) is 19.0 Å². The number of rotatable bonds is 5. The van der Waals surface area contributed by atoms with Crippen molar-refractivity contribution in [3.05, 3.63) is 11.6 Å². The van der Waals surface area contributed by atoms with Crippen molar-refractivity contribution in [2.24, 2.45) is 10.4 Å². The topological polar surface area (TPSA) is 96.2 Å². The molecular formula is C16H30IN7O. The van der Waals surface area contributed by atoms with E-state index in [9.17, 15) is 4.79 Å². The highest BCUT2D eigenvalue weighted by Gasteiger charge is 2.28. The van der Waals surface area contributed by atoms with Crippen LogP contribution in [0.5, 0.6) is 0 Å². The van der Waals surface area contributed by atoms with Crippen LogP contribution < -0.4 is 16.0 Å². The molecule has 0 saturated carbocycles. The summed E-state index contributed by atoms with van der Waals surface area (Å²) in [7, 11) is 1.74. The molecule has 1 aromatic heterocycles. The van der Waals surface area contributed by atoms with Crippen molar-refractivity contribution in [3.8, 4) is 0 Å². The minimum atomic E-state index is -0.504. The zero-order valence-electron chi connectivity index (χ0n) is 15.7. The van der Waals surface area contributed by atoms with Crippen LogP contribution >= 0.6 is 24.0 Å². The lowest BCUT2D eigenvalue weighted by Gasteiger charge is -2.28. The number of carbonyl (C=O) groups excluding carboxylic acids is 1. The van der Waals surface area contributed by atoms with Gasteiger partial charge in [0.2, 0.25) is 5.91 Å². The molecule has 1 aromatic rings. The highest BCUT2D eigenvalue weighted by molar-refractivity contribution is 14.0. The van der Waals surface area contributed by atoms with Crippen LogP contribution in [0.3, 0.4) is 0 Å². The van der Waals surface area contributed by atoms with E-state index in [0.717, 1.165) is 31.0 Å². The number of fused-ring (bicyclic) bond motifs is 1. The summed E-state index contributed by atoms with van der Waals surface area (Å²) in [4.78, 5) is 20.8. The fraction of sp³-hybridized carbons (Fsp3) is 0.750. The molecule has 3 N–H and O–H groups in total. The van der Waals surface area contributed by atoms with Crippen LogP contribution in [-0.4, -0.2) is 52.8 Å². The van der Waals surface area contributed by atoms with Crippen molar-refractivity contribution in [3.63, 3.8) is 0 Å². The molecule has 0 radical (unpaired) electrons. The van der Waals surface area contributed by atoms with E-state index in [1.165, 1.54) is 0 Å². The number of carbonyl (C=O) groups is 1. The monoisotopic (exact) mass is 463 g/mol. The van der Waals surface area contributed by atoms with Gasteiger partial charge in [-0.25, -0.2) is 9.67 Å². The molecule has 8 nitrogen and oxygen atoms in total. The third-order valence-electron chi connectivity index (χ3n) is 4.18. The third kappa shape index (κ3) is 5.82. The number of nitrogens with zero attached hydrogens (tertiary/aromatic N) is 4. The van der Waals surface area contributed by atoms with Gasteiger partial charge in [0.1, 0.15) is 11.6 Å². The fourth-order valence-corrected chi connectivity index (χ4v) is 2.72. The smallest absolute Gasteiger partial charge is 0.227 e. The summed E-state index contributed by atoms with van der Waals surface area (Å²) < 4.78 is 1.96. The van der Waals surface area contributed by atoms with Crippen LogP contribution in [0.25, 0.3) is 0 Å². The fourth-order valence-electron chi connectivity index (χ4n) is 2.72. The lowest BCUT2D eigenvalue weighted by atomic mass is 9.92. The van der Waals surface area contributed by atoms with Gasteiger partial charge < -0.3 is 16.0 Å². The average molecular weight is 463 g/mol. The molecule has 142 valence electrons. The Morgan fingerprint density at radius 1 is 1.40 bits per heavy atom. The molecule has 0 bridgehead atoms. The van der Waals surface area contributed by atoms with Gasteiger partial charge in [-0.1, -0.05) is 0 Å². The second kappa shape index (κ2) is 9.35. The van der Waals surface area contributed by atoms with Crippen LogP contribution in [0.1, 0.15) is 38.8 Å². The van der Waals surface area contributed by atoms with Gasteiger partial charge in [0, 0.05) is 32.6 Å². The summed E-state index contributed by atoms with van der Waals surface area (Å²) in [6.45, 7) is 9.60. The maximum atomic E-state index is 12.1. The molecule has 25 heavy (non-hydrogen) atoms. The minimum Gasteiger partial charge on any atom is -0.356 e. The molecule has 1 atom stereocenters. The van der Waals surface area contributed by atoms with Crippen molar-refractivity contribution in [1.82, 2.24) is 30.7 Å². The SMILES string of the molecule is CCNC(=O)C(C)(C)CNC(=NC)NC1CCc2nc(C)nn2C1.I. The van der Waals surface area contributed by atoms with Gasteiger partial charge in [-0.15, -0.1) is 24.0 Å². The summed E-state index contributed by atoms with van der Waals surface area (Å²) >= 11 is 0. The number of hydrogen-bond acceptors (Lipinski definition) is 4. The van der Waals surface area contributed by atoms with Gasteiger partial charge in [-0.05, 0) is 34.1 Å². The lowest BCUT2D eigenvalue weighted by molar-refractivity contribution is -0.128. The Kier molecular flexibility index (Phi) is 8.10. The first-order valence-corrected chi connectivity index (χ1v) is 8.51. The molecule has 1 amide bonds. The Hall–Kier alpha value is -1.39. The molecule has 1 aliphatic rings. The van der Waals surface area contributed by atoms with Gasteiger partial charge in [0.05, 0.1) is 12.0 Å². The molecule has 1 unspecified atom stereocenters. The number of nitrogens with one attached hydrogen (secondary N) is 3. The molecule has 0 aromatic carbocycles. The molecule has 2 heterocycles. The van der Waals surface area contributed by atoms with Crippen LogP contribution in [0.4, 0.5) is 0 Å². The van der Waals surface area contributed by atoms with E-state index in [1.807, 2.05) is 32.4 Å². The van der Waals surface area contributed by atoms with Crippen LogP contribution in [0.2, 0.25) is 0 Å². The van der Waals surface area contributed by atoms with Gasteiger partial charge in [-0.2, -0.15) is 5.10 Å². The lowest BCUT2D eigenvalue weighted by Crippen LogP contribution is -2.51. The summed E-state index contributed by atoms with van der Waals surface area (Å²) in [6.07, 6.45) is 1.89. The Bertz CT molecular complexity index is 612. The number of aliphatic imine (C=N–C) groups is 1. The molecular weight excluding hydrogens is 433 g/mol. The third-order valence-corrected chi connectivity index (χ3v) is 4.18. The zero-order valence-corrected chi connectivity index (χ0v) is 18.0. The largest absolute Gasteiger partial charge is 0.356 e. The van der Waals surface area contributed by atoms with E-state index >= 15 is 0 Å². The molecule has 2 rings (SSSR count). The molecule has 9 heteroatoms. The Labute approximate surface area is 166 Å². The maximum absolute atomic E-state index is 12.1. The molecule has 0 fully saturated rings. The van der Waals surface area contributed by atoms with Crippen molar-refractivity contribution >= 4 is 35.8 Å². The molecule has 0 aliphatic carbocycles. The Morgan fingerprint density at radius 3 is 2.76 bits per heavy atom. The van der Waals surface area contributed by atoms with Gasteiger partial charge >= 0.3 is 0 Å². The second-order valence-corrected chi connectivity index (χ2v) is 6.81. The van der Waals surface area contributed by atoms with E-state index < -0.39 is 5.41 Å². The molecule has 0 spiro atoms. The summed E-state index contributed by atoms with van der Waals surface area (Å²) in [5.74, 6) is 2.61. The minimum absolute atomic E-state index is 0. The van der Waals surface area contributed by atoms with Crippen LogP contribution in [0, 0.1) is 12.3 Å². The zero-order chi connectivity index (χ0) is 17.7. The predicted octanol–water partition coefficient (Wildman–Crippen LogP) is 0.847. The van der Waals surface area contributed by atoms with E-state index in [1.54, 1.807) is 7.05 Å². The van der Waals surface area contributed by atoms with E-state index in [-0.39, 0.29) is 35.9 Å². The number of amides is 1. The first-order valence-electron chi connectivity index (χ1n) is 8.51. The van der Waals surface area contributed by atoms with Crippen molar-refractivity contribution in [2.75, 3.05) is 20.1 Å².